The molecule has 15 heteroatoms. The number of carbonyl (C=O) groups excluding carboxylic acids is 2. The third-order valence-electron chi connectivity index (χ3n) is 8.76. The molecule has 4 N–H and O–H groups in total. The van der Waals surface area contributed by atoms with Gasteiger partial charge >= 0.3 is 6.18 Å². The first-order valence-electron chi connectivity index (χ1n) is 17.0. The zero-order valence-electron chi connectivity index (χ0n) is 27.8. The van der Waals surface area contributed by atoms with Crippen LogP contribution in [0.1, 0.15) is 61.9 Å². The van der Waals surface area contributed by atoms with Crippen molar-refractivity contribution in [1.82, 2.24) is 20.6 Å². The molecule has 2 aliphatic heterocycles. The Morgan fingerprint density at radius 2 is 1.67 bits per heavy atom. The van der Waals surface area contributed by atoms with Gasteiger partial charge in [0.15, 0.2) is 0 Å². The van der Waals surface area contributed by atoms with Gasteiger partial charge in [0.25, 0.3) is 0 Å². The van der Waals surface area contributed by atoms with Crippen LogP contribution in [0.3, 0.4) is 0 Å². The van der Waals surface area contributed by atoms with E-state index in [1.54, 1.807) is 23.1 Å². The van der Waals surface area contributed by atoms with E-state index in [-0.39, 0.29) is 23.5 Å². The molecule has 1 atom stereocenters. The number of rotatable bonds is 18. The van der Waals surface area contributed by atoms with E-state index in [0.29, 0.717) is 103 Å². The fourth-order valence-electron chi connectivity index (χ4n) is 6.12. The van der Waals surface area contributed by atoms with Crippen molar-refractivity contribution in [2.45, 2.75) is 63.6 Å². The van der Waals surface area contributed by atoms with Crippen molar-refractivity contribution in [2.24, 2.45) is 11.7 Å². The van der Waals surface area contributed by atoms with Crippen LogP contribution in [-0.4, -0.2) is 93.5 Å². The first-order valence-corrected chi connectivity index (χ1v) is 17.0. The largest absolute Gasteiger partial charge is 0.451 e. The Bertz CT molecular complexity index is 1380. The molecular formula is C34H47F3N8O4. The van der Waals surface area contributed by atoms with E-state index in [9.17, 15) is 22.8 Å². The van der Waals surface area contributed by atoms with Crippen LogP contribution in [0.25, 0.3) is 0 Å². The zero-order valence-corrected chi connectivity index (χ0v) is 27.8. The Morgan fingerprint density at radius 3 is 2.37 bits per heavy atom. The second-order valence-electron chi connectivity index (χ2n) is 12.3. The van der Waals surface area contributed by atoms with E-state index >= 15 is 0 Å². The van der Waals surface area contributed by atoms with Crippen molar-refractivity contribution >= 4 is 23.5 Å². The lowest BCUT2D eigenvalue weighted by Crippen LogP contribution is -2.44. The summed E-state index contributed by atoms with van der Waals surface area (Å²) in [5.74, 6) is -0.845. The number of amides is 2. The summed E-state index contributed by atoms with van der Waals surface area (Å²) in [7, 11) is 0. The standard InChI is InChI=1S/C34H47F3N8O4/c35-34(36,37)33-42-29(44-17-11-25(12-18-44)3-1-5-31(46)40-15-20-49-22-21-48-19-13-38)23-30(43-33)45-16-2-4-28(45)32(47)41-14-10-26-6-8-27(24-39)9-7-26/h6-9,23,25,28H,1-5,10-22,38H2,(H,40,46)(H,41,47). The summed E-state index contributed by atoms with van der Waals surface area (Å²) < 4.78 is 52.5. The molecule has 2 saturated heterocycles. The number of hydrogen-bond acceptors (Lipinski definition) is 10. The van der Waals surface area contributed by atoms with Gasteiger partial charge in [0.05, 0.1) is 38.1 Å². The van der Waals surface area contributed by atoms with Crippen LogP contribution >= 0.6 is 0 Å². The predicted molar refractivity (Wildman–Crippen MR) is 178 cm³/mol. The molecule has 0 radical (unpaired) electrons. The van der Waals surface area contributed by atoms with Crippen molar-refractivity contribution in [2.75, 3.05) is 75.5 Å². The number of nitrogens with zero attached hydrogens (tertiary/aromatic N) is 5. The predicted octanol–water partition coefficient (Wildman–Crippen LogP) is 3.19. The molecular weight excluding hydrogens is 641 g/mol. The number of nitrogens with one attached hydrogen (secondary N) is 2. The molecule has 3 heterocycles. The van der Waals surface area contributed by atoms with E-state index in [4.69, 9.17) is 20.5 Å². The number of aromatic nitrogens is 2. The number of nitrogens with two attached hydrogens (primary N) is 1. The molecule has 49 heavy (non-hydrogen) atoms. The van der Waals surface area contributed by atoms with E-state index in [1.165, 1.54) is 0 Å². The SMILES string of the molecule is N#Cc1ccc(CCNC(=O)C2CCCN2c2cc(N3CCC(CCCC(=O)NCCOCCOCCN)CC3)nc(C(F)(F)F)n2)cc1. The number of hydrogen-bond donors (Lipinski definition) is 3. The highest BCUT2D eigenvalue weighted by Gasteiger charge is 2.39. The van der Waals surface area contributed by atoms with Gasteiger partial charge in [-0.25, -0.2) is 9.97 Å². The monoisotopic (exact) mass is 688 g/mol. The van der Waals surface area contributed by atoms with Crippen molar-refractivity contribution < 1.29 is 32.2 Å². The normalized spacial score (nSPS) is 16.8. The van der Waals surface area contributed by atoms with Gasteiger partial charge in [-0.1, -0.05) is 12.1 Å². The molecule has 12 nitrogen and oxygen atoms in total. The van der Waals surface area contributed by atoms with E-state index in [1.807, 2.05) is 17.0 Å². The summed E-state index contributed by atoms with van der Waals surface area (Å²) in [4.78, 5) is 36.6. The number of piperidine rings is 1. The summed E-state index contributed by atoms with van der Waals surface area (Å²) in [5, 5.41) is 14.7. The minimum atomic E-state index is -4.74. The molecule has 1 aromatic carbocycles. The van der Waals surface area contributed by atoms with Crippen LogP contribution in [0, 0.1) is 17.2 Å². The molecule has 4 rings (SSSR count). The van der Waals surface area contributed by atoms with Crippen LogP contribution in [0.5, 0.6) is 0 Å². The number of benzene rings is 1. The first-order chi connectivity index (χ1) is 23.7. The van der Waals surface area contributed by atoms with Crippen molar-refractivity contribution in [3.63, 3.8) is 0 Å². The fourth-order valence-corrected chi connectivity index (χ4v) is 6.12. The third kappa shape index (κ3) is 12.1. The summed E-state index contributed by atoms with van der Waals surface area (Å²) in [6.07, 6.45) is 0.513. The highest BCUT2D eigenvalue weighted by Crippen LogP contribution is 2.34. The third-order valence-corrected chi connectivity index (χ3v) is 8.76. The Kier molecular flexibility index (Phi) is 14.9. The van der Waals surface area contributed by atoms with Crippen LogP contribution in [-0.2, 0) is 31.7 Å². The van der Waals surface area contributed by atoms with Crippen molar-refractivity contribution in [3.8, 4) is 6.07 Å². The Labute approximate surface area is 285 Å². The van der Waals surface area contributed by atoms with Gasteiger partial charge in [-0.2, -0.15) is 18.4 Å². The molecule has 1 aromatic heterocycles. The second kappa shape index (κ2) is 19.3. The number of nitriles is 1. The quantitative estimate of drug-likeness (QED) is 0.199. The van der Waals surface area contributed by atoms with Gasteiger partial charge < -0.3 is 35.6 Å². The molecule has 0 saturated carbocycles. The molecule has 2 aromatic rings. The lowest BCUT2D eigenvalue weighted by atomic mass is 9.91. The Morgan fingerprint density at radius 1 is 0.959 bits per heavy atom. The maximum atomic E-state index is 14.0. The van der Waals surface area contributed by atoms with Crippen LogP contribution in [0.4, 0.5) is 24.8 Å². The van der Waals surface area contributed by atoms with E-state index in [2.05, 4.69) is 26.7 Å². The lowest BCUT2D eigenvalue weighted by Gasteiger charge is -2.34. The van der Waals surface area contributed by atoms with Gasteiger partial charge in [0.2, 0.25) is 17.6 Å². The van der Waals surface area contributed by atoms with Gasteiger partial charge in [0.1, 0.15) is 17.7 Å². The maximum Gasteiger partial charge on any atom is 0.451 e. The summed E-state index contributed by atoms with van der Waals surface area (Å²) >= 11 is 0. The zero-order chi connectivity index (χ0) is 35.1. The molecule has 0 bridgehead atoms. The van der Waals surface area contributed by atoms with Crippen LogP contribution < -0.4 is 26.2 Å². The maximum absolute atomic E-state index is 14.0. The topological polar surface area (TPSA) is 159 Å². The van der Waals surface area contributed by atoms with Gasteiger partial charge in [-0.05, 0) is 68.6 Å². The first kappa shape index (κ1) is 37.8. The summed E-state index contributed by atoms with van der Waals surface area (Å²) in [5.41, 5.74) is 6.87. The smallest absolute Gasteiger partial charge is 0.378 e. The van der Waals surface area contributed by atoms with Crippen molar-refractivity contribution in [3.05, 3.63) is 47.3 Å². The lowest BCUT2D eigenvalue weighted by molar-refractivity contribution is -0.144. The van der Waals surface area contributed by atoms with E-state index in [0.717, 1.165) is 31.2 Å². The molecule has 0 spiro atoms. The van der Waals surface area contributed by atoms with Gasteiger partial charge in [-0.3, -0.25) is 9.59 Å². The van der Waals surface area contributed by atoms with Crippen LogP contribution in [0.2, 0.25) is 0 Å². The molecule has 2 aliphatic rings. The number of anilines is 2. The Balaban J connectivity index is 1.25. The average Bonchev–Trinajstić information content (AvgIpc) is 3.60. The minimum absolute atomic E-state index is 0.0335. The highest BCUT2D eigenvalue weighted by molar-refractivity contribution is 5.85. The highest BCUT2D eigenvalue weighted by atomic mass is 19.4. The molecule has 2 fully saturated rings. The number of alkyl halides is 3. The van der Waals surface area contributed by atoms with Crippen LogP contribution in [0.15, 0.2) is 30.3 Å². The molecule has 2 amide bonds. The number of halogens is 3. The average molecular weight is 689 g/mol. The van der Waals surface area contributed by atoms with Gasteiger partial charge in [0, 0.05) is 51.8 Å². The minimum Gasteiger partial charge on any atom is -0.378 e. The van der Waals surface area contributed by atoms with Crippen molar-refractivity contribution in [1.29, 1.82) is 5.26 Å². The fraction of sp³-hybridized carbons (Fsp3) is 0.618. The van der Waals surface area contributed by atoms with Gasteiger partial charge in [-0.15, -0.1) is 0 Å². The summed E-state index contributed by atoms with van der Waals surface area (Å²) in [6.45, 7) is 4.55. The Hall–Kier alpha value is -4.00. The van der Waals surface area contributed by atoms with E-state index < -0.39 is 18.0 Å². The summed E-state index contributed by atoms with van der Waals surface area (Å²) in [6, 6.07) is 10.1. The molecule has 1 unspecified atom stereocenters. The second-order valence-corrected chi connectivity index (χ2v) is 12.3. The number of carbonyl (C=O) groups is 2. The molecule has 268 valence electrons. The number of ether oxygens (including phenoxy) is 2. The molecule has 0 aliphatic carbocycles.